The molecule has 0 bridgehead atoms. The van der Waals surface area contributed by atoms with E-state index in [1.54, 1.807) is 0 Å². The van der Waals surface area contributed by atoms with Crippen LogP contribution in [0.4, 0.5) is 0 Å². The van der Waals surface area contributed by atoms with Crippen LogP contribution < -0.4 is 5.32 Å². The highest BCUT2D eigenvalue weighted by Crippen LogP contribution is 2.26. The Labute approximate surface area is 152 Å². The first-order chi connectivity index (χ1) is 12.0. The molecule has 0 aliphatic carbocycles. The maximum Gasteiger partial charge on any atom is 0.299 e. The molecule has 1 heterocycles. The molecule has 2 amide bonds. The van der Waals surface area contributed by atoms with Crippen molar-refractivity contribution in [3.8, 4) is 12.3 Å². The van der Waals surface area contributed by atoms with Crippen LogP contribution in [-0.2, 0) is 16.1 Å². The number of carbonyl (C=O) groups excluding carboxylic acids is 2. The number of amides is 2. The van der Waals surface area contributed by atoms with E-state index < -0.39 is 11.9 Å². The van der Waals surface area contributed by atoms with Crippen LogP contribution >= 0.6 is 11.3 Å². The molecule has 0 spiro atoms. The Morgan fingerprint density at radius 2 is 1.92 bits per heavy atom. The minimum absolute atomic E-state index is 0.196. The first-order valence-electron chi connectivity index (χ1n) is 8.15. The summed E-state index contributed by atoms with van der Waals surface area (Å²) in [4.78, 5) is 27.5. The molecule has 1 aromatic heterocycles. The summed E-state index contributed by atoms with van der Waals surface area (Å²) >= 11 is 1.44. The van der Waals surface area contributed by atoms with Crippen molar-refractivity contribution in [3.05, 3.63) is 58.3 Å². The van der Waals surface area contributed by atoms with E-state index in [2.05, 4.69) is 11.2 Å². The maximum atomic E-state index is 12.9. The van der Waals surface area contributed by atoms with Crippen LogP contribution in [0.3, 0.4) is 0 Å². The van der Waals surface area contributed by atoms with E-state index in [4.69, 9.17) is 6.42 Å². The predicted octanol–water partition coefficient (Wildman–Crippen LogP) is 3.22. The van der Waals surface area contributed by atoms with Crippen molar-refractivity contribution in [1.82, 2.24) is 10.2 Å². The van der Waals surface area contributed by atoms with Gasteiger partial charge in [0.05, 0.1) is 0 Å². The molecule has 4 nitrogen and oxygen atoms in total. The molecular formula is C20H22N2O2S. The Morgan fingerprint density at radius 3 is 2.48 bits per heavy atom. The van der Waals surface area contributed by atoms with Gasteiger partial charge in [-0.25, -0.2) is 0 Å². The van der Waals surface area contributed by atoms with Crippen molar-refractivity contribution >= 4 is 23.2 Å². The minimum Gasteiger partial charge on any atom is -0.350 e. The molecule has 25 heavy (non-hydrogen) atoms. The maximum absolute atomic E-state index is 12.9. The smallest absolute Gasteiger partial charge is 0.299 e. The number of hydrogen-bond acceptors (Lipinski definition) is 3. The Kier molecular flexibility index (Phi) is 6.79. The van der Waals surface area contributed by atoms with Gasteiger partial charge < -0.3 is 10.2 Å². The quantitative estimate of drug-likeness (QED) is 0.776. The SMILES string of the molecule is C#CC(=O)N(CC(C)C)C(C(=O)NCc1ccccc1)c1cccs1. The number of carbonyl (C=O) groups is 2. The zero-order valence-corrected chi connectivity index (χ0v) is 15.3. The van der Waals surface area contributed by atoms with E-state index in [9.17, 15) is 9.59 Å². The molecule has 5 heteroatoms. The Balaban J connectivity index is 2.23. The Hall–Kier alpha value is -2.58. The van der Waals surface area contributed by atoms with Gasteiger partial charge in [0.25, 0.3) is 5.91 Å². The molecule has 1 N–H and O–H groups in total. The van der Waals surface area contributed by atoms with Crippen molar-refractivity contribution in [3.63, 3.8) is 0 Å². The van der Waals surface area contributed by atoms with Gasteiger partial charge in [-0.2, -0.15) is 0 Å². The van der Waals surface area contributed by atoms with Gasteiger partial charge in [-0.05, 0) is 28.8 Å². The van der Waals surface area contributed by atoms with E-state index in [1.807, 2.05) is 61.7 Å². The van der Waals surface area contributed by atoms with Gasteiger partial charge in [0.2, 0.25) is 5.91 Å². The van der Waals surface area contributed by atoms with E-state index in [-0.39, 0.29) is 11.8 Å². The van der Waals surface area contributed by atoms with Crippen LogP contribution in [0.5, 0.6) is 0 Å². The molecule has 0 aliphatic heterocycles. The molecule has 1 atom stereocenters. The van der Waals surface area contributed by atoms with Crippen molar-refractivity contribution < 1.29 is 9.59 Å². The van der Waals surface area contributed by atoms with Gasteiger partial charge in [-0.3, -0.25) is 9.59 Å². The molecule has 0 fully saturated rings. The standard InChI is InChI=1S/C20H22N2O2S/c1-4-18(23)22(14-15(2)3)19(17-11-8-12-25-17)20(24)21-13-16-9-6-5-7-10-16/h1,5-12,15,19H,13-14H2,2-3H3,(H,21,24). The third kappa shape index (κ3) is 5.20. The first kappa shape index (κ1) is 18.8. The normalized spacial score (nSPS) is 11.6. The summed E-state index contributed by atoms with van der Waals surface area (Å²) in [6.07, 6.45) is 5.34. The molecule has 2 aromatic rings. The molecule has 0 saturated carbocycles. The molecular weight excluding hydrogens is 332 g/mol. The van der Waals surface area contributed by atoms with Gasteiger partial charge in [0.1, 0.15) is 6.04 Å². The second kappa shape index (κ2) is 9.05. The lowest BCUT2D eigenvalue weighted by Gasteiger charge is -2.30. The summed E-state index contributed by atoms with van der Waals surface area (Å²) in [5.41, 5.74) is 1.000. The second-order valence-corrected chi connectivity index (χ2v) is 7.10. The third-order valence-electron chi connectivity index (χ3n) is 3.63. The number of rotatable bonds is 7. The van der Waals surface area contributed by atoms with Crippen LogP contribution in [0.15, 0.2) is 47.8 Å². The van der Waals surface area contributed by atoms with Gasteiger partial charge in [-0.15, -0.1) is 17.8 Å². The van der Waals surface area contributed by atoms with Gasteiger partial charge in [0, 0.05) is 18.0 Å². The summed E-state index contributed by atoms with van der Waals surface area (Å²) in [5, 5.41) is 4.81. The van der Waals surface area contributed by atoms with Gasteiger partial charge >= 0.3 is 0 Å². The van der Waals surface area contributed by atoms with Crippen LogP contribution in [-0.4, -0.2) is 23.3 Å². The monoisotopic (exact) mass is 354 g/mol. The van der Waals surface area contributed by atoms with E-state index in [0.717, 1.165) is 10.4 Å². The molecule has 1 aromatic carbocycles. The summed E-state index contributed by atoms with van der Waals surface area (Å²) in [6, 6.07) is 12.7. The minimum atomic E-state index is -0.713. The number of hydrogen-bond donors (Lipinski definition) is 1. The average Bonchev–Trinajstić information content (AvgIpc) is 3.13. The van der Waals surface area contributed by atoms with E-state index >= 15 is 0 Å². The third-order valence-corrected chi connectivity index (χ3v) is 4.55. The Bertz CT molecular complexity index is 733. The van der Waals surface area contributed by atoms with E-state index in [1.165, 1.54) is 16.2 Å². The van der Waals surface area contributed by atoms with Crippen LogP contribution in [0.2, 0.25) is 0 Å². The zero-order valence-electron chi connectivity index (χ0n) is 14.4. The number of nitrogens with one attached hydrogen (secondary N) is 1. The molecule has 0 saturated heterocycles. The summed E-state index contributed by atoms with van der Waals surface area (Å²) in [6.45, 7) is 4.81. The second-order valence-electron chi connectivity index (χ2n) is 6.12. The fourth-order valence-corrected chi connectivity index (χ4v) is 3.37. The highest BCUT2D eigenvalue weighted by atomic mass is 32.1. The summed E-state index contributed by atoms with van der Waals surface area (Å²) in [5.74, 6) is 1.65. The molecule has 2 rings (SSSR count). The molecule has 130 valence electrons. The fourth-order valence-electron chi connectivity index (χ4n) is 2.53. The largest absolute Gasteiger partial charge is 0.350 e. The molecule has 0 aliphatic rings. The lowest BCUT2D eigenvalue weighted by atomic mass is 10.1. The topological polar surface area (TPSA) is 49.4 Å². The number of nitrogens with zero attached hydrogens (tertiary/aromatic N) is 1. The molecule has 1 unspecified atom stereocenters. The predicted molar refractivity (Wildman–Crippen MR) is 101 cm³/mol. The first-order valence-corrected chi connectivity index (χ1v) is 9.03. The van der Waals surface area contributed by atoms with Crippen molar-refractivity contribution in [2.45, 2.75) is 26.4 Å². The van der Waals surface area contributed by atoms with Gasteiger partial charge in [0.15, 0.2) is 0 Å². The van der Waals surface area contributed by atoms with E-state index in [0.29, 0.717) is 13.1 Å². The van der Waals surface area contributed by atoms with Crippen LogP contribution in [0, 0.1) is 18.3 Å². The number of benzene rings is 1. The highest BCUT2D eigenvalue weighted by Gasteiger charge is 2.31. The fraction of sp³-hybridized carbons (Fsp3) is 0.300. The lowest BCUT2D eigenvalue weighted by molar-refractivity contribution is -0.137. The van der Waals surface area contributed by atoms with Crippen molar-refractivity contribution in [1.29, 1.82) is 0 Å². The Morgan fingerprint density at radius 1 is 1.20 bits per heavy atom. The highest BCUT2D eigenvalue weighted by molar-refractivity contribution is 7.10. The summed E-state index contributed by atoms with van der Waals surface area (Å²) < 4.78 is 0. The zero-order chi connectivity index (χ0) is 18.2. The molecule has 0 radical (unpaired) electrons. The average molecular weight is 354 g/mol. The van der Waals surface area contributed by atoms with Gasteiger partial charge in [-0.1, -0.05) is 50.2 Å². The van der Waals surface area contributed by atoms with Crippen LogP contribution in [0.25, 0.3) is 0 Å². The lowest BCUT2D eigenvalue weighted by Crippen LogP contribution is -2.44. The van der Waals surface area contributed by atoms with Crippen molar-refractivity contribution in [2.75, 3.05) is 6.54 Å². The van der Waals surface area contributed by atoms with Crippen LogP contribution in [0.1, 0.15) is 30.3 Å². The number of thiophene rings is 1. The number of terminal acetylenes is 1. The summed E-state index contributed by atoms with van der Waals surface area (Å²) in [7, 11) is 0. The van der Waals surface area contributed by atoms with Crippen molar-refractivity contribution in [2.24, 2.45) is 5.92 Å².